The smallest absolute Gasteiger partial charge is 0.0697 e. The summed E-state index contributed by atoms with van der Waals surface area (Å²) in [4.78, 5) is 2.17. The van der Waals surface area contributed by atoms with Crippen molar-refractivity contribution in [1.29, 1.82) is 0 Å². The third kappa shape index (κ3) is 6.06. The lowest BCUT2D eigenvalue weighted by Gasteiger charge is -2.24. The van der Waals surface area contributed by atoms with Gasteiger partial charge in [0.15, 0.2) is 0 Å². The zero-order chi connectivity index (χ0) is 15.8. The minimum atomic E-state index is 0.212. The van der Waals surface area contributed by atoms with Gasteiger partial charge in [0.25, 0.3) is 0 Å². The van der Waals surface area contributed by atoms with Gasteiger partial charge in [0.05, 0.1) is 35.1 Å². The molecule has 21 heavy (non-hydrogen) atoms. The summed E-state index contributed by atoms with van der Waals surface area (Å²) < 4.78 is 8.61. The van der Waals surface area contributed by atoms with E-state index in [0.29, 0.717) is 0 Å². The highest BCUT2D eigenvalue weighted by molar-refractivity contribution is 9.10. The van der Waals surface area contributed by atoms with E-state index < -0.39 is 0 Å². The number of aromatic nitrogens is 2. The summed E-state index contributed by atoms with van der Waals surface area (Å²) in [6.45, 7) is 7.14. The van der Waals surface area contributed by atoms with E-state index in [0.717, 1.165) is 36.9 Å². The Morgan fingerprint density at radius 2 is 2.19 bits per heavy atom. The van der Waals surface area contributed by atoms with Crippen LogP contribution in [0.15, 0.2) is 10.7 Å². The van der Waals surface area contributed by atoms with Gasteiger partial charge in [-0.2, -0.15) is 5.10 Å². The molecule has 0 saturated carbocycles. The van der Waals surface area contributed by atoms with Crippen LogP contribution in [-0.4, -0.2) is 55.1 Å². The molecule has 0 aliphatic rings. The molecule has 0 aromatic carbocycles. The van der Waals surface area contributed by atoms with E-state index in [2.05, 4.69) is 63.9 Å². The van der Waals surface area contributed by atoms with Crippen molar-refractivity contribution in [1.82, 2.24) is 20.0 Å². The molecule has 0 aliphatic heterocycles. The van der Waals surface area contributed by atoms with Crippen LogP contribution in [0.1, 0.15) is 38.4 Å². The number of ether oxygens (including phenoxy) is 1. The molecular formula is C15H29BrN4O. The maximum absolute atomic E-state index is 5.44. The van der Waals surface area contributed by atoms with Crippen LogP contribution in [0.25, 0.3) is 0 Å². The van der Waals surface area contributed by atoms with Gasteiger partial charge in [0.1, 0.15) is 0 Å². The quantitative estimate of drug-likeness (QED) is 0.696. The Hall–Kier alpha value is -0.430. The van der Waals surface area contributed by atoms with Crippen LogP contribution in [0.3, 0.4) is 0 Å². The molecule has 0 radical (unpaired) electrons. The monoisotopic (exact) mass is 360 g/mol. The Morgan fingerprint density at radius 3 is 2.76 bits per heavy atom. The summed E-state index contributed by atoms with van der Waals surface area (Å²) in [5.41, 5.74) is 1.22. The molecule has 0 fully saturated rings. The van der Waals surface area contributed by atoms with Crippen LogP contribution >= 0.6 is 15.9 Å². The summed E-state index contributed by atoms with van der Waals surface area (Å²) in [7, 11) is 5.93. The maximum atomic E-state index is 5.44. The molecule has 122 valence electrons. The number of nitrogens with one attached hydrogen (secondary N) is 1. The summed E-state index contributed by atoms with van der Waals surface area (Å²) in [5.74, 6) is 0. The van der Waals surface area contributed by atoms with Gasteiger partial charge in [-0.05, 0) is 56.3 Å². The Morgan fingerprint density at radius 1 is 1.48 bits per heavy atom. The number of halogens is 1. The molecule has 1 aromatic heterocycles. The van der Waals surface area contributed by atoms with E-state index in [9.17, 15) is 0 Å². The minimum Gasteiger partial charge on any atom is -0.382 e. The predicted octanol–water partition coefficient (Wildman–Crippen LogP) is 2.67. The molecule has 1 N–H and O–H groups in total. The van der Waals surface area contributed by atoms with Gasteiger partial charge in [0, 0.05) is 13.7 Å². The number of rotatable bonds is 10. The first-order valence-corrected chi connectivity index (χ1v) is 8.41. The third-order valence-electron chi connectivity index (χ3n) is 3.53. The topological polar surface area (TPSA) is 42.3 Å². The highest BCUT2D eigenvalue weighted by Gasteiger charge is 2.21. The average Bonchev–Trinajstić information content (AvgIpc) is 2.82. The Balaban J connectivity index is 2.90. The Bertz CT molecular complexity index is 408. The zero-order valence-electron chi connectivity index (χ0n) is 13.9. The van der Waals surface area contributed by atoms with E-state index >= 15 is 0 Å². The van der Waals surface area contributed by atoms with Crippen molar-refractivity contribution < 1.29 is 4.74 Å². The first kappa shape index (κ1) is 18.6. The number of methoxy groups -OCH3 is 1. The second-order valence-corrected chi connectivity index (χ2v) is 6.55. The molecule has 1 rings (SSSR count). The van der Waals surface area contributed by atoms with Crippen LogP contribution < -0.4 is 5.32 Å². The van der Waals surface area contributed by atoms with Gasteiger partial charge in [-0.25, -0.2) is 0 Å². The lowest BCUT2D eigenvalue weighted by atomic mass is 10.1. The molecule has 2 atom stereocenters. The second-order valence-electron chi connectivity index (χ2n) is 5.69. The van der Waals surface area contributed by atoms with Crippen molar-refractivity contribution >= 4 is 15.9 Å². The number of hydrogen-bond acceptors (Lipinski definition) is 4. The zero-order valence-corrected chi connectivity index (χ0v) is 15.5. The van der Waals surface area contributed by atoms with E-state index in [1.54, 1.807) is 7.11 Å². The second kappa shape index (κ2) is 9.56. The molecule has 0 aliphatic carbocycles. The molecule has 2 unspecified atom stereocenters. The number of nitrogens with zero attached hydrogens (tertiary/aromatic N) is 3. The van der Waals surface area contributed by atoms with Crippen molar-refractivity contribution in [3.63, 3.8) is 0 Å². The predicted molar refractivity (Wildman–Crippen MR) is 90.6 cm³/mol. The van der Waals surface area contributed by atoms with Crippen molar-refractivity contribution in [2.75, 3.05) is 34.3 Å². The number of hydrogen-bond donors (Lipinski definition) is 1. The fraction of sp³-hybridized carbons (Fsp3) is 0.800. The molecule has 6 heteroatoms. The summed E-state index contributed by atoms with van der Waals surface area (Å²) in [5, 5.41) is 8.13. The van der Waals surface area contributed by atoms with E-state index in [-0.39, 0.29) is 12.1 Å². The highest BCUT2D eigenvalue weighted by Crippen LogP contribution is 2.27. The molecule has 0 amide bonds. The molecule has 1 aromatic rings. The first-order valence-electron chi connectivity index (χ1n) is 7.61. The summed E-state index contributed by atoms with van der Waals surface area (Å²) in [6, 6.07) is 0.249. The fourth-order valence-electron chi connectivity index (χ4n) is 2.23. The van der Waals surface area contributed by atoms with Crippen LogP contribution in [0, 0.1) is 0 Å². The van der Waals surface area contributed by atoms with Gasteiger partial charge in [-0.15, -0.1) is 0 Å². The fourth-order valence-corrected chi connectivity index (χ4v) is 2.80. The molecule has 0 saturated heterocycles. The van der Waals surface area contributed by atoms with Crippen molar-refractivity contribution in [2.24, 2.45) is 0 Å². The molecule has 5 nitrogen and oxygen atoms in total. The average molecular weight is 361 g/mol. The third-order valence-corrected chi connectivity index (χ3v) is 4.14. The van der Waals surface area contributed by atoms with Gasteiger partial charge < -0.3 is 15.0 Å². The summed E-state index contributed by atoms with van der Waals surface area (Å²) >= 11 is 3.65. The van der Waals surface area contributed by atoms with E-state index in [1.165, 1.54) is 5.69 Å². The van der Waals surface area contributed by atoms with Crippen molar-refractivity contribution in [3.8, 4) is 0 Å². The van der Waals surface area contributed by atoms with Crippen molar-refractivity contribution in [3.05, 3.63) is 16.4 Å². The summed E-state index contributed by atoms with van der Waals surface area (Å²) in [6.07, 6.45) is 4.15. The molecule has 1 heterocycles. The lowest BCUT2D eigenvalue weighted by molar-refractivity contribution is 0.0991. The van der Waals surface area contributed by atoms with Gasteiger partial charge >= 0.3 is 0 Å². The van der Waals surface area contributed by atoms with Crippen molar-refractivity contribution in [2.45, 2.75) is 45.4 Å². The molecule has 0 bridgehead atoms. The van der Waals surface area contributed by atoms with Crippen LogP contribution in [0.2, 0.25) is 0 Å². The lowest BCUT2D eigenvalue weighted by Crippen LogP contribution is -2.29. The van der Waals surface area contributed by atoms with E-state index in [1.807, 2.05) is 6.20 Å². The normalized spacial score (nSPS) is 14.6. The minimum absolute atomic E-state index is 0.212. The van der Waals surface area contributed by atoms with E-state index in [4.69, 9.17) is 4.74 Å². The maximum Gasteiger partial charge on any atom is 0.0697 e. The van der Waals surface area contributed by atoms with Crippen LogP contribution in [0.4, 0.5) is 0 Å². The molecule has 0 spiro atoms. The van der Waals surface area contributed by atoms with Crippen LogP contribution in [0.5, 0.6) is 0 Å². The highest BCUT2D eigenvalue weighted by atomic mass is 79.9. The van der Waals surface area contributed by atoms with Gasteiger partial charge in [-0.3, -0.25) is 4.68 Å². The largest absolute Gasteiger partial charge is 0.382 e. The Labute approximate surface area is 137 Å². The SMILES string of the molecule is CCCNC(CC(C)OC)c1c(Br)cnn1CCN(C)C. The number of likely N-dealkylation sites (N-methyl/N-ethyl adjacent to an activating group) is 1. The van der Waals surface area contributed by atoms with Crippen LogP contribution in [-0.2, 0) is 11.3 Å². The standard InChI is InChI=1S/C15H29BrN4O/c1-6-7-17-14(10-12(2)21-5)15-13(16)11-18-20(15)9-8-19(3)4/h11-12,14,17H,6-10H2,1-5H3. The Kier molecular flexibility index (Phi) is 8.48. The first-order chi connectivity index (χ1) is 9.99. The van der Waals surface area contributed by atoms with Gasteiger partial charge in [-0.1, -0.05) is 6.92 Å². The van der Waals surface area contributed by atoms with Gasteiger partial charge in [0.2, 0.25) is 0 Å². The molecular weight excluding hydrogens is 332 g/mol.